The Morgan fingerprint density at radius 1 is 1.00 bits per heavy atom. The fraction of sp³-hybridized carbons (Fsp3) is 0.381. The number of hydrogen-bond acceptors (Lipinski definition) is 3. The quantitative estimate of drug-likeness (QED) is 0.915. The smallest absolute Gasteiger partial charge is 0.317 e. The lowest BCUT2D eigenvalue weighted by Crippen LogP contribution is -2.44. The molecule has 2 aliphatic rings. The molecule has 2 amide bonds. The number of nitrogens with one attached hydrogen (secondary N) is 1. The minimum absolute atomic E-state index is 0.0374. The molecule has 0 spiro atoms. The summed E-state index contributed by atoms with van der Waals surface area (Å²) in [4.78, 5) is 14.3. The van der Waals surface area contributed by atoms with Crippen LogP contribution in [-0.4, -0.2) is 30.8 Å². The summed E-state index contributed by atoms with van der Waals surface area (Å²) in [6, 6.07) is 16.2. The summed E-state index contributed by atoms with van der Waals surface area (Å²) < 4.78 is 10.8. The largest absolute Gasteiger partial charge is 0.454 e. The Bertz CT molecular complexity index is 755. The summed E-state index contributed by atoms with van der Waals surface area (Å²) in [5.41, 5.74) is 2.40. The summed E-state index contributed by atoms with van der Waals surface area (Å²) in [5, 5.41) is 3.02. The maximum Gasteiger partial charge on any atom is 0.317 e. The molecular formula is C21H24N2O3. The van der Waals surface area contributed by atoms with E-state index in [1.54, 1.807) is 0 Å². The molecule has 0 aromatic heterocycles. The standard InChI is InChI=1S/C21H24N2O3/c24-21(22-14-17-4-2-1-3-5-17)23-10-8-16(9-11-23)12-18-6-7-19-20(13-18)26-15-25-19/h1-7,13,16H,8-12,14-15H2,(H,22,24). The van der Waals surface area contributed by atoms with Crippen molar-refractivity contribution in [3.05, 3.63) is 59.7 Å². The number of carbonyl (C=O) groups excluding carboxylic acids is 1. The second-order valence-corrected chi connectivity index (χ2v) is 6.97. The molecule has 0 unspecified atom stereocenters. The van der Waals surface area contributed by atoms with Gasteiger partial charge < -0.3 is 19.7 Å². The van der Waals surface area contributed by atoms with Crippen molar-refractivity contribution in [1.29, 1.82) is 0 Å². The summed E-state index contributed by atoms with van der Waals surface area (Å²) >= 11 is 0. The van der Waals surface area contributed by atoms with Crippen molar-refractivity contribution in [2.45, 2.75) is 25.8 Å². The minimum Gasteiger partial charge on any atom is -0.454 e. The van der Waals surface area contributed by atoms with Crippen molar-refractivity contribution in [1.82, 2.24) is 10.2 Å². The first kappa shape index (κ1) is 16.8. The lowest BCUT2D eigenvalue weighted by molar-refractivity contribution is 0.170. The van der Waals surface area contributed by atoms with Gasteiger partial charge in [0.25, 0.3) is 0 Å². The Morgan fingerprint density at radius 2 is 1.77 bits per heavy atom. The predicted molar refractivity (Wildman–Crippen MR) is 99.2 cm³/mol. The van der Waals surface area contributed by atoms with Crippen LogP contribution < -0.4 is 14.8 Å². The molecule has 136 valence electrons. The van der Waals surface area contributed by atoms with Gasteiger partial charge in [0.2, 0.25) is 6.79 Å². The summed E-state index contributed by atoms with van der Waals surface area (Å²) in [6.45, 7) is 2.53. The van der Waals surface area contributed by atoms with Crippen LogP contribution in [-0.2, 0) is 13.0 Å². The Kier molecular flexibility index (Phi) is 4.95. The van der Waals surface area contributed by atoms with Crippen LogP contribution in [0.5, 0.6) is 11.5 Å². The fourth-order valence-corrected chi connectivity index (χ4v) is 3.63. The number of carbonyl (C=O) groups is 1. The number of amides is 2. The Balaban J connectivity index is 1.24. The molecule has 2 aromatic carbocycles. The first-order valence-electron chi connectivity index (χ1n) is 9.23. The highest BCUT2D eigenvalue weighted by molar-refractivity contribution is 5.74. The molecule has 0 atom stereocenters. The number of benzene rings is 2. The van der Waals surface area contributed by atoms with Crippen LogP contribution in [0.1, 0.15) is 24.0 Å². The Morgan fingerprint density at radius 3 is 2.58 bits per heavy atom. The topological polar surface area (TPSA) is 50.8 Å². The van der Waals surface area contributed by atoms with E-state index < -0.39 is 0 Å². The molecule has 26 heavy (non-hydrogen) atoms. The van der Waals surface area contributed by atoms with E-state index in [0.717, 1.165) is 49.4 Å². The van der Waals surface area contributed by atoms with E-state index in [1.807, 2.05) is 41.3 Å². The van der Waals surface area contributed by atoms with Crippen LogP contribution in [0.2, 0.25) is 0 Å². The van der Waals surface area contributed by atoms with Crippen LogP contribution in [0.15, 0.2) is 48.5 Å². The van der Waals surface area contributed by atoms with Crippen molar-refractivity contribution < 1.29 is 14.3 Å². The van der Waals surface area contributed by atoms with E-state index in [1.165, 1.54) is 5.56 Å². The van der Waals surface area contributed by atoms with Gasteiger partial charge in [0.1, 0.15) is 0 Å². The van der Waals surface area contributed by atoms with Gasteiger partial charge in [0.05, 0.1) is 0 Å². The molecule has 2 heterocycles. The number of likely N-dealkylation sites (tertiary alicyclic amines) is 1. The van der Waals surface area contributed by atoms with Crippen LogP contribution in [0.3, 0.4) is 0 Å². The van der Waals surface area contributed by atoms with Crippen molar-refractivity contribution in [3.63, 3.8) is 0 Å². The number of ether oxygens (including phenoxy) is 2. The maximum atomic E-state index is 12.3. The van der Waals surface area contributed by atoms with Crippen molar-refractivity contribution in [3.8, 4) is 11.5 Å². The zero-order valence-electron chi connectivity index (χ0n) is 14.8. The second-order valence-electron chi connectivity index (χ2n) is 6.97. The number of fused-ring (bicyclic) bond motifs is 1. The lowest BCUT2D eigenvalue weighted by atomic mass is 9.90. The van der Waals surface area contributed by atoms with E-state index in [2.05, 4.69) is 17.4 Å². The molecule has 2 aliphatic heterocycles. The van der Waals surface area contributed by atoms with Crippen LogP contribution in [0.25, 0.3) is 0 Å². The van der Waals surface area contributed by atoms with Crippen molar-refractivity contribution in [2.75, 3.05) is 19.9 Å². The normalized spacial score (nSPS) is 16.5. The molecule has 4 rings (SSSR count). The summed E-state index contributed by atoms with van der Waals surface area (Å²) in [6.07, 6.45) is 3.09. The molecule has 1 fully saturated rings. The lowest BCUT2D eigenvalue weighted by Gasteiger charge is -2.32. The molecule has 0 aliphatic carbocycles. The maximum absolute atomic E-state index is 12.3. The van der Waals surface area contributed by atoms with Gasteiger partial charge in [-0.2, -0.15) is 0 Å². The predicted octanol–water partition coefficient (Wildman–Crippen LogP) is 3.58. The zero-order chi connectivity index (χ0) is 17.8. The molecule has 5 nitrogen and oxygen atoms in total. The highest BCUT2D eigenvalue weighted by Crippen LogP contribution is 2.34. The minimum atomic E-state index is 0.0374. The highest BCUT2D eigenvalue weighted by Gasteiger charge is 2.23. The molecule has 1 N–H and O–H groups in total. The molecule has 0 saturated carbocycles. The molecule has 2 aromatic rings. The van der Waals surface area contributed by atoms with Gasteiger partial charge in [-0.1, -0.05) is 36.4 Å². The number of urea groups is 1. The van der Waals surface area contributed by atoms with Gasteiger partial charge in [-0.15, -0.1) is 0 Å². The third-order valence-electron chi connectivity index (χ3n) is 5.15. The molecule has 1 saturated heterocycles. The summed E-state index contributed by atoms with van der Waals surface area (Å²) in [7, 11) is 0. The molecular weight excluding hydrogens is 328 g/mol. The van der Waals surface area contributed by atoms with E-state index in [-0.39, 0.29) is 6.03 Å². The van der Waals surface area contributed by atoms with E-state index in [0.29, 0.717) is 19.3 Å². The van der Waals surface area contributed by atoms with Gasteiger partial charge in [0.15, 0.2) is 11.5 Å². The van der Waals surface area contributed by atoms with Crippen molar-refractivity contribution >= 4 is 6.03 Å². The van der Waals surface area contributed by atoms with E-state index in [4.69, 9.17) is 9.47 Å². The average Bonchev–Trinajstić information content (AvgIpc) is 3.15. The number of hydrogen-bond donors (Lipinski definition) is 1. The Labute approximate surface area is 153 Å². The van der Waals surface area contributed by atoms with E-state index in [9.17, 15) is 4.79 Å². The average molecular weight is 352 g/mol. The van der Waals surface area contributed by atoms with Crippen LogP contribution >= 0.6 is 0 Å². The first-order chi connectivity index (χ1) is 12.8. The monoisotopic (exact) mass is 352 g/mol. The van der Waals surface area contributed by atoms with Crippen molar-refractivity contribution in [2.24, 2.45) is 5.92 Å². The molecule has 0 radical (unpaired) electrons. The second kappa shape index (κ2) is 7.68. The van der Waals surface area contributed by atoms with Crippen LogP contribution in [0, 0.1) is 5.92 Å². The summed E-state index contributed by atoms with van der Waals surface area (Å²) in [5.74, 6) is 2.28. The molecule has 5 heteroatoms. The third kappa shape index (κ3) is 3.93. The van der Waals surface area contributed by atoms with E-state index >= 15 is 0 Å². The number of rotatable bonds is 4. The van der Waals surface area contributed by atoms with Crippen LogP contribution in [0.4, 0.5) is 4.79 Å². The van der Waals surface area contributed by atoms with Gasteiger partial charge >= 0.3 is 6.03 Å². The highest BCUT2D eigenvalue weighted by atomic mass is 16.7. The van der Waals surface area contributed by atoms with Gasteiger partial charge in [-0.05, 0) is 48.4 Å². The number of nitrogens with zero attached hydrogens (tertiary/aromatic N) is 1. The fourth-order valence-electron chi connectivity index (χ4n) is 3.63. The van der Waals surface area contributed by atoms with Gasteiger partial charge in [-0.25, -0.2) is 4.79 Å². The zero-order valence-corrected chi connectivity index (χ0v) is 14.8. The number of piperidine rings is 1. The Hall–Kier alpha value is -2.69. The van der Waals surface area contributed by atoms with Gasteiger partial charge in [0, 0.05) is 19.6 Å². The van der Waals surface area contributed by atoms with Gasteiger partial charge in [-0.3, -0.25) is 0 Å². The first-order valence-corrected chi connectivity index (χ1v) is 9.23. The SMILES string of the molecule is O=C(NCc1ccccc1)N1CCC(Cc2ccc3c(c2)OCO3)CC1. The molecule has 0 bridgehead atoms. The third-order valence-corrected chi connectivity index (χ3v) is 5.15.